The first-order valence-electron chi connectivity index (χ1n) is 9.58. The fraction of sp³-hybridized carbons (Fsp3) is 0.476. The van der Waals surface area contributed by atoms with Gasteiger partial charge in [0.05, 0.1) is 19.6 Å². The molecular weight excluding hydrogens is 380 g/mol. The SMILES string of the molecule is CCCc1ccc(CN2CCO[C@@](COc3cccc(Cl)c3)(CC(N)=O)C2)o1. The maximum absolute atomic E-state index is 11.7. The van der Waals surface area contributed by atoms with E-state index in [0.717, 1.165) is 30.9 Å². The third-order valence-electron chi connectivity index (χ3n) is 4.72. The normalized spacial score (nSPS) is 20.2. The van der Waals surface area contributed by atoms with E-state index >= 15 is 0 Å². The number of furan rings is 1. The number of amides is 1. The van der Waals surface area contributed by atoms with Crippen molar-refractivity contribution in [3.63, 3.8) is 0 Å². The number of morpholine rings is 1. The highest BCUT2D eigenvalue weighted by Crippen LogP contribution is 2.26. The monoisotopic (exact) mass is 406 g/mol. The van der Waals surface area contributed by atoms with Crippen molar-refractivity contribution in [2.75, 3.05) is 26.3 Å². The first-order chi connectivity index (χ1) is 13.5. The summed E-state index contributed by atoms with van der Waals surface area (Å²) >= 11 is 6.02. The lowest BCUT2D eigenvalue weighted by Gasteiger charge is -2.41. The number of hydrogen-bond donors (Lipinski definition) is 1. The first kappa shape index (κ1) is 20.7. The average molecular weight is 407 g/mol. The predicted molar refractivity (Wildman–Crippen MR) is 107 cm³/mol. The largest absolute Gasteiger partial charge is 0.490 e. The van der Waals surface area contributed by atoms with Gasteiger partial charge in [0, 0.05) is 24.5 Å². The number of primary amides is 1. The number of hydrogen-bond acceptors (Lipinski definition) is 5. The van der Waals surface area contributed by atoms with E-state index in [1.54, 1.807) is 12.1 Å². The molecule has 0 aliphatic carbocycles. The summed E-state index contributed by atoms with van der Waals surface area (Å²) in [6.45, 7) is 4.77. The van der Waals surface area contributed by atoms with Crippen LogP contribution in [0.1, 0.15) is 31.3 Å². The lowest BCUT2D eigenvalue weighted by atomic mass is 9.97. The molecule has 3 rings (SSSR count). The zero-order chi connectivity index (χ0) is 20.0. The number of nitrogens with two attached hydrogens (primary N) is 1. The van der Waals surface area contributed by atoms with Crippen molar-refractivity contribution in [3.05, 3.63) is 52.9 Å². The molecule has 0 radical (unpaired) electrons. The molecule has 1 aromatic heterocycles. The number of rotatable bonds is 9. The van der Waals surface area contributed by atoms with Gasteiger partial charge in [0.1, 0.15) is 29.5 Å². The smallest absolute Gasteiger partial charge is 0.220 e. The van der Waals surface area contributed by atoms with E-state index in [2.05, 4.69) is 11.8 Å². The molecule has 1 fully saturated rings. The second-order valence-electron chi connectivity index (χ2n) is 7.25. The van der Waals surface area contributed by atoms with Gasteiger partial charge in [-0.1, -0.05) is 24.6 Å². The summed E-state index contributed by atoms with van der Waals surface area (Å²) in [5.41, 5.74) is 4.70. The fourth-order valence-corrected chi connectivity index (χ4v) is 3.68. The fourth-order valence-electron chi connectivity index (χ4n) is 3.50. The summed E-state index contributed by atoms with van der Waals surface area (Å²) in [7, 11) is 0. The van der Waals surface area contributed by atoms with Crippen molar-refractivity contribution in [2.45, 2.75) is 38.3 Å². The molecule has 2 aromatic rings. The molecule has 0 bridgehead atoms. The number of benzene rings is 1. The van der Waals surface area contributed by atoms with Crippen LogP contribution in [-0.4, -0.2) is 42.7 Å². The molecule has 0 spiro atoms. The minimum atomic E-state index is -0.800. The Hall–Kier alpha value is -2.02. The Morgan fingerprint density at radius 2 is 2.14 bits per heavy atom. The zero-order valence-corrected chi connectivity index (χ0v) is 16.9. The quantitative estimate of drug-likeness (QED) is 0.690. The Bertz CT molecular complexity index is 794. The van der Waals surface area contributed by atoms with Gasteiger partial charge in [0.25, 0.3) is 0 Å². The summed E-state index contributed by atoms with van der Waals surface area (Å²) < 4.78 is 17.8. The minimum absolute atomic E-state index is 0.0866. The molecule has 0 saturated carbocycles. The van der Waals surface area contributed by atoms with Crippen LogP contribution in [0.2, 0.25) is 5.02 Å². The number of halogens is 1. The van der Waals surface area contributed by atoms with Crippen molar-refractivity contribution >= 4 is 17.5 Å². The molecule has 1 amide bonds. The minimum Gasteiger partial charge on any atom is -0.490 e. The molecule has 1 aromatic carbocycles. The van der Waals surface area contributed by atoms with Crippen molar-refractivity contribution in [3.8, 4) is 5.75 Å². The lowest BCUT2D eigenvalue weighted by molar-refractivity contribution is -0.148. The summed E-state index contributed by atoms with van der Waals surface area (Å²) in [4.78, 5) is 13.9. The third kappa shape index (κ3) is 5.74. The molecule has 1 atom stereocenters. The Kier molecular flexibility index (Phi) is 6.99. The van der Waals surface area contributed by atoms with Crippen molar-refractivity contribution < 1.29 is 18.7 Å². The molecule has 1 aliphatic rings. The zero-order valence-electron chi connectivity index (χ0n) is 16.2. The molecule has 6 nitrogen and oxygen atoms in total. The van der Waals surface area contributed by atoms with E-state index in [-0.39, 0.29) is 13.0 Å². The van der Waals surface area contributed by atoms with Crippen LogP contribution in [0, 0.1) is 0 Å². The van der Waals surface area contributed by atoms with Gasteiger partial charge in [-0.3, -0.25) is 9.69 Å². The highest BCUT2D eigenvalue weighted by Gasteiger charge is 2.39. The maximum Gasteiger partial charge on any atom is 0.220 e. The van der Waals surface area contributed by atoms with E-state index in [0.29, 0.717) is 30.5 Å². The lowest BCUT2D eigenvalue weighted by Crippen LogP contribution is -2.56. The first-order valence-corrected chi connectivity index (χ1v) is 9.96. The highest BCUT2D eigenvalue weighted by atomic mass is 35.5. The van der Waals surface area contributed by atoms with Gasteiger partial charge >= 0.3 is 0 Å². The molecule has 1 saturated heterocycles. The van der Waals surface area contributed by atoms with Crippen LogP contribution < -0.4 is 10.5 Å². The van der Waals surface area contributed by atoms with Gasteiger partial charge in [-0.15, -0.1) is 0 Å². The predicted octanol–water partition coefficient (Wildman–Crippen LogP) is 3.41. The van der Waals surface area contributed by atoms with E-state index in [4.69, 9.17) is 31.2 Å². The molecule has 28 heavy (non-hydrogen) atoms. The van der Waals surface area contributed by atoms with Gasteiger partial charge in [-0.25, -0.2) is 0 Å². The molecule has 152 valence electrons. The van der Waals surface area contributed by atoms with E-state index < -0.39 is 11.5 Å². The molecular formula is C21H27ClN2O4. The number of ether oxygens (including phenoxy) is 2. The van der Waals surface area contributed by atoms with Crippen LogP contribution in [0.5, 0.6) is 5.75 Å². The molecule has 2 heterocycles. The maximum atomic E-state index is 11.7. The van der Waals surface area contributed by atoms with Gasteiger partial charge in [-0.2, -0.15) is 0 Å². The van der Waals surface area contributed by atoms with Crippen LogP contribution >= 0.6 is 11.6 Å². The summed E-state index contributed by atoms with van der Waals surface area (Å²) in [6.07, 6.45) is 2.07. The van der Waals surface area contributed by atoms with E-state index in [9.17, 15) is 4.79 Å². The van der Waals surface area contributed by atoms with Crippen molar-refractivity contribution in [1.82, 2.24) is 4.90 Å². The van der Waals surface area contributed by atoms with Gasteiger partial charge < -0.3 is 19.6 Å². The summed E-state index contributed by atoms with van der Waals surface area (Å²) in [5, 5.41) is 0.591. The third-order valence-corrected chi connectivity index (χ3v) is 4.95. The summed E-state index contributed by atoms with van der Waals surface area (Å²) in [6, 6.07) is 11.2. The second-order valence-corrected chi connectivity index (χ2v) is 7.69. The van der Waals surface area contributed by atoms with Crippen molar-refractivity contribution in [2.24, 2.45) is 5.73 Å². The number of carbonyl (C=O) groups excluding carboxylic acids is 1. The van der Waals surface area contributed by atoms with Crippen molar-refractivity contribution in [1.29, 1.82) is 0 Å². The van der Waals surface area contributed by atoms with Gasteiger partial charge in [0.2, 0.25) is 5.91 Å². The number of carbonyl (C=O) groups is 1. The number of nitrogens with zero attached hydrogens (tertiary/aromatic N) is 1. The Morgan fingerprint density at radius 1 is 1.32 bits per heavy atom. The van der Waals surface area contributed by atoms with Crippen LogP contribution in [0.4, 0.5) is 0 Å². The van der Waals surface area contributed by atoms with Gasteiger partial charge in [-0.05, 0) is 36.8 Å². The number of aryl methyl sites for hydroxylation is 1. The molecule has 7 heteroatoms. The van der Waals surface area contributed by atoms with Gasteiger partial charge in [0.15, 0.2) is 0 Å². The average Bonchev–Trinajstić information content (AvgIpc) is 3.07. The Balaban J connectivity index is 1.67. The van der Waals surface area contributed by atoms with E-state index in [1.807, 2.05) is 24.3 Å². The van der Waals surface area contributed by atoms with Crippen LogP contribution in [0.15, 0.2) is 40.8 Å². The van der Waals surface area contributed by atoms with Crippen LogP contribution in [0.3, 0.4) is 0 Å². The standard InChI is InChI=1S/C21H27ClN2O4/c1-2-4-17-7-8-19(28-17)13-24-9-10-27-21(14-24,12-20(23)25)15-26-18-6-3-5-16(22)11-18/h3,5-8,11H,2,4,9-10,12-15H2,1H3,(H2,23,25)/t21-/m0/s1. The van der Waals surface area contributed by atoms with E-state index in [1.165, 1.54) is 0 Å². The molecule has 1 aliphatic heterocycles. The molecule has 0 unspecified atom stereocenters. The second kappa shape index (κ2) is 9.45. The van der Waals surface area contributed by atoms with Crippen LogP contribution in [0.25, 0.3) is 0 Å². The Labute approximate surface area is 170 Å². The Morgan fingerprint density at radius 3 is 2.89 bits per heavy atom. The summed E-state index contributed by atoms with van der Waals surface area (Å²) in [5.74, 6) is 2.12. The highest BCUT2D eigenvalue weighted by molar-refractivity contribution is 6.30. The molecule has 2 N–H and O–H groups in total. The van der Waals surface area contributed by atoms with Crippen LogP contribution in [-0.2, 0) is 22.5 Å². The topological polar surface area (TPSA) is 77.9 Å².